The summed E-state index contributed by atoms with van der Waals surface area (Å²) in [5.74, 6) is 0.512. The Morgan fingerprint density at radius 1 is 1.06 bits per heavy atom. The second kappa shape index (κ2) is 9.26. The summed E-state index contributed by atoms with van der Waals surface area (Å²) in [6.45, 7) is 7.42. The Balaban J connectivity index is 1.12. The van der Waals surface area contributed by atoms with Crippen molar-refractivity contribution in [3.8, 4) is 0 Å². The summed E-state index contributed by atoms with van der Waals surface area (Å²) < 4.78 is 23.4. The van der Waals surface area contributed by atoms with Crippen LogP contribution in [0.2, 0.25) is 0 Å². The largest absolute Gasteiger partial charge is 0.368 e. The summed E-state index contributed by atoms with van der Waals surface area (Å²) in [5, 5.41) is 4.09. The van der Waals surface area contributed by atoms with E-state index < -0.39 is 9.84 Å². The van der Waals surface area contributed by atoms with Crippen LogP contribution in [0.4, 0.5) is 11.4 Å². The van der Waals surface area contributed by atoms with Crippen molar-refractivity contribution >= 4 is 44.0 Å². The van der Waals surface area contributed by atoms with Crippen molar-refractivity contribution < 1.29 is 13.2 Å². The van der Waals surface area contributed by atoms with Gasteiger partial charge in [0.15, 0.2) is 15.0 Å². The summed E-state index contributed by atoms with van der Waals surface area (Å²) in [6.07, 6.45) is 0.390. The molecular formula is C25H30N4O3S2. The molecule has 3 aliphatic rings. The quantitative estimate of drug-likeness (QED) is 0.698. The van der Waals surface area contributed by atoms with E-state index in [2.05, 4.69) is 47.3 Å². The van der Waals surface area contributed by atoms with Crippen molar-refractivity contribution in [2.45, 2.75) is 31.6 Å². The van der Waals surface area contributed by atoms with Crippen molar-refractivity contribution in [1.29, 1.82) is 0 Å². The van der Waals surface area contributed by atoms with Crippen molar-refractivity contribution in [1.82, 2.24) is 4.90 Å². The van der Waals surface area contributed by atoms with Gasteiger partial charge in [-0.2, -0.15) is 0 Å². The molecule has 2 atom stereocenters. The number of carbonyl (C=O) groups excluding carboxylic acids is 1. The molecule has 3 heterocycles. The van der Waals surface area contributed by atoms with Crippen LogP contribution in [0.15, 0.2) is 47.5 Å². The van der Waals surface area contributed by atoms with Crippen molar-refractivity contribution in [2.75, 3.05) is 47.9 Å². The minimum absolute atomic E-state index is 0.0275. The van der Waals surface area contributed by atoms with Crippen molar-refractivity contribution in [2.24, 2.45) is 4.99 Å². The van der Waals surface area contributed by atoms with E-state index in [-0.39, 0.29) is 28.7 Å². The Bertz CT molecular complexity index is 1220. The fraction of sp³-hybridized carbons (Fsp3) is 0.440. The molecule has 0 aromatic heterocycles. The Kier molecular flexibility index (Phi) is 6.33. The van der Waals surface area contributed by atoms with Crippen LogP contribution < -0.4 is 10.2 Å². The molecule has 7 nitrogen and oxygen atoms in total. The first kappa shape index (κ1) is 23.2. The second-order valence-electron chi connectivity index (χ2n) is 9.39. The number of nitrogens with one attached hydrogen (secondary N) is 1. The van der Waals surface area contributed by atoms with Crippen LogP contribution >= 0.6 is 11.8 Å². The Hall–Kier alpha value is -2.52. The maximum atomic E-state index is 12.9. The van der Waals surface area contributed by atoms with Gasteiger partial charge in [0.05, 0.1) is 24.0 Å². The average Bonchev–Trinajstić information content (AvgIpc) is 3.29. The number of aryl methyl sites for hydroxylation is 2. The summed E-state index contributed by atoms with van der Waals surface area (Å²) in [4.78, 5) is 21.8. The van der Waals surface area contributed by atoms with Gasteiger partial charge in [-0.15, -0.1) is 0 Å². The van der Waals surface area contributed by atoms with Crippen LogP contribution in [0.5, 0.6) is 0 Å². The molecule has 9 heteroatoms. The van der Waals surface area contributed by atoms with Crippen LogP contribution in [0, 0.1) is 13.8 Å². The molecule has 3 aliphatic heterocycles. The molecule has 2 saturated heterocycles. The van der Waals surface area contributed by atoms with E-state index >= 15 is 0 Å². The molecule has 0 unspecified atom stereocenters. The van der Waals surface area contributed by atoms with Gasteiger partial charge in [-0.1, -0.05) is 36.0 Å². The van der Waals surface area contributed by atoms with Crippen LogP contribution in [0.25, 0.3) is 0 Å². The first-order valence-corrected chi connectivity index (χ1v) is 14.4. The van der Waals surface area contributed by atoms with Gasteiger partial charge in [0.25, 0.3) is 0 Å². The number of fused-ring (bicyclic) bond motifs is 1. The second-order valence-corrected chi connectivity index (χ2v) is 12.8. The molecule has 2 fully saturated rings. The number of hydrogen-bond donors (Lipinski definition) is 1. The van der Waals surface area contributed by atoms with E-state index in [1.165, 1.54) is 28.6 Å². The number of rotatable bonds is 4. The smallest absolute Gasteiger partial charge is 0.227 e. The maximum Gasteiger partial charge on any atom is 0.227 e. The number of amidine groups is 1. The number of thioether (sulfide) groups is 1. The zero-order chi connectivity index (χ0) is 23.9. The lowest BCUT2D eigenvalue weighted by Crippen LogP contribution is -2.49. The van der Waals surface area contributed by atoms with Crippen LogP contribution in [0.3, 0.4) is 0 Å². The van der Waals surface area contributed by atoms with Gasteiger partial charge in [-0.05, 0) is 48.7 Å². The zero-order valence-corrected chi connectivity index (χ0v) is 21.2. The molecule has 0 spiro atoms. The third kappa shape index (κ3) is 5.10. The van der Waals surface area contributed by atoms with E-state index in [9.17, 15) is 13.2 Å². The molecule has 0 aliphatic carbocycles. The van der Waals surface area contributed by atoms with Gasteiger partial charge >= 0.3 is 0 Å². The van der Waals surface area contributed by atoms with Crippen LogP contribution in [-0.2, 0) is 21.1 Å². The van der Waals surface area contributed by atoms with Crippen molar-refractivity contribution in [3.05, 3.63) is 59.2 Å². The standard InChI is InChI=1S/C25H30N4O3S2/c1-17-3-4-18(2)22(13-17)28-9-11-29(12-10-28)24(30)14-19-5-7-20(8-6-19)26-25-27-21-15-34(31,32)16-23(21)33-25/h3-8,13,21,23H,9-12,14-16H2,1-2H3,(H,26,27)/t21-,23-/m1/s1. The number of carbonyl (C=O) groups is 1. The number of benzene rings is 2. The lowest BCUT2D eigenvalue weighted by Gasteiger charge is -2.37. The zero-order valence-electron chi connectivity index (χ0n) is 19.5. The van der Waals surface area contributed by atoms with E-state index in [0.29, 0.717) is 6.42 Å². The highest BCUT2D eigenvalue weighted by molar-refractivity contribution is 8.15. The molecule has 180 valence electrons. The molecule has 0 radical (unpaired) electrons. The fourth-order valence-corrected chi connectivity index (χ4v) is 8.46. The number of nitrogens with zero attached hydrogens (tertiary/aromatic N) is 3. The first-order valence-electron chi connectivity index (χ1n) is 11.7. The summed E-state index contributed by atoms with van der Waals surface area (Å²) in [5.41, 5.74) is 5.68. The van der Waals surface area contributed by atoms with Crippen molar-refractivity contribution in [3.63, 3.8) is 0 Å². The van der Waals surface area contributed by atoms with Crippen LogP contribution in [0.1, 0.15) is 16.7 Å². The lowest BCUT2D eigenvalue weighted by atomic mass is 10.1. The number of aliphatic imine (C=N–C) groups is 1. The molecular weight excluding hydrogens is 468 g/mol. The summed E-state index contributed by atoms with van der Waals surface area (Å²) in [7, 11) is -2.94. The van der Waals surface area contributed by atoms with Gasteiger partial charge in [0, 0.05) is 42.8 Å². The van der Waals surface area contributed by atoms with Gasteiger partial charge < -0.3 is 15.1 Å². The number of anilines is 2. The maximum absolute atomic E-state index is 12.9. The van der Waals surface area contributed by atoms with E-state index in [4.69, 9.17) is 0 Å². The Labute approximate surface area is 205 Å². The number of hydrogen-bond acceptors (Lipinski definition) is 7. The third-order valence-corrected chi connectivity index (χ3v) is 9.86. The van der Waals surface area contributed by atoms with Crippen LogP contribution in [-0.4, -0.2) is 73.4 Å². The number of sulfone groups is 1. The Morgan fingerprint density at radius 3 is 2.50 bits per heavy atom. The summed E-state index contributed by atoms with van der Waals surface area (Å²) >= 11 is 1.51. The highest BCUT2D eigenvalue weighted by Crippen LogP contribution is 2.34. The number of amides is 1. The molecule has 34 heavy (non-hydrogen) atoms. The fourth-order valence-electron chi connectivity index (χ4n) is 4.79. The van der Waals surface area contributed by atoms with Gasteiger partial charge in [0.2, 0.25) is 5.91 Å². The molecule has 2 aromatic carbocycles. The molecule has 0 bridgehead atoms. The highest BCUT2D eigenvalue weighted by atomic mass is 32.2. The van der Waals surface area contributed by atoms with Gasteiger partial charge in [-0.25, -0.2) is 8.42 Å². The van der Waals surface area contributed by atoms with E-state index in [1.807, 2.05) is 29.2 Å². The van der Waals surface area contributed by atoms with Gasteiger partial charge in [0.1, 0.15) is 0 Å². The SMILES string of the molecule is Cc1ccc(C)c(N2CCN(C(=O)Cc3ccc(NC4=N[C@@H]5CS(=O)(=O)C[C@H]5S4)cc3)CC2)c1. The van der Waals surface area contributed by atoms with Gasteiger partial charge in [-0.3, -0.25) is 9.79 Å². The Morgan fingerprint density at radius 2 is 1.79 bits per heavy atom. The third-order valence-electron chi connectivity index (χ3n) is 6.72. The predicted molar refractivity (Wildman–Crippen MR) is 140 cm³/mol. The highest BCUT2D eigenvalue weighted by Gasteiger charge is 2.42. The van der Waals surface area contributed by atoms with E-state index in [0.717, 1.165) is 42.6 Å². The minimum atomic E-state index is -2.94. The first-order chi connectivity index (χ1) is 16.3. The molecule has 0 saturated carbocycles. The molecule has 1 N–H and O–H groups in total. The monoisotopic (exact) mass is 498 g/mol. The minimum Gasteiger partial charge on any atom is -0.368 e. The topological polar surface area (TPSA) is 82.1 Å². The molecule has 1 amide bonds. The average molecular weight is 499 g/mol. The molecule has 2 aromatic rings. The molecule has 5 rings (SSSR count). The number of piperazine rings is 1. The lowest BCUT2D eigenvalue weighted by molar-refractivity contribution is -0.130. The van der Waals surface area contributed by atoms with E-state index in [1.54, 1.807) is 0 Å². The normalized spacial score (nSPS) is 23.5. The summed E-state index contributed by atoms with van der Waals surface area (Å²) in [6, 6.07) is 14.2. The predicted octanol–water partition coefficient (Wildman–Crippen LogP) is 2.88.